The molecule has 33 heavy (non-hydrogen) atoms. The van der Waals surface area contributed by atoms with Crippen molar-refractivity contribution in [1.29, 1.82) is 0 Å². The summed E-state index contributed by atoms with van der Waals surface area (Å²) in [6, 6.07) is 7.80. The third kappa shape index (κ3) is 7.50. The van der Waals surface area contributed by atoms with Crippen LogP contribution >= 0.6 is 11.3 Å². The van der Waals surface area contributed by atoms with Gasteiger partial charge in [0.05, 0.1) is 25.3 Å². The highest BCUT2D eigenvalue weighted by Crippen LogP contribution is 2.34. The Hall–Kier alpha value is -2.00. The van der Waals surface area contributed by atoms with Gasteiger partial charge in [-0.3, -0.25) is 9.69 Å². The summed E-state index contributed by atoms with van der Waals surface area (Å²) >= 11 is 1.71. The minimum Gasteiger partial charge on any atom is -0.491 e. The zero-order valence-corrected chi connectivity index (χ0v) is 20.5. The number of benzene rings is 1. The van der Waals surface area contributed by atoms with Gasteiger partial charge in [0.2, 0.25) is 5.91 Å². The Kier molecular flexibility index (Phi) is 9.67. The molecule has 1 amide bonds. The summed E-state index contributed by atoms with van der Waals surface area (Å²) in [5.74, 6) is 0.789. The van der Waals surface area contributed by atoms with Crippen LogP contribution in [0.25, 0.3) is 0 Å². The molecule has 0 spiro atoms. The molecule has 2 atom stereocenters. The molecule has 1 aliphatic heterocycles. The zero-order valence-electron chi connectivity index (χ0n) is 19.7. The van der Waals surface area contributed by atoms with E-state index in [4.69, 9.17) is 9.47 Å². The summed E-state index contributed by atoms with van der Waals surface area (Å²) in [6.07, 6.45) is 1.13. The summed E-state index contributed by atoms with van der Waals surface area (Å²) in [6.45, 7) is 6.83. The molecule has 2 aromatic rings. The molecule has 1 aromatic heterocycles. The lowest BCUT2D eigenvalue weighted by Crippen LogP contribution is -2.48. The summed E-state index contributed by atoms with van der Waals surface area (Å²) in [7, 11) is 1.56. The van der Waals surface area contributed by atoms with Gasteiger partial charge in [0, 0.05) is 25.1 Å². The van der Waals surface area contributed by atoms with Crippen LogP contribution in [0.2, 0.25) is 0 Å². The van der Waals surface area contributed by atoms with Crippen molar-refractivity contribution in [2.24, 2.45) is 5.92 Å². The van der Waals surface area contributed by atoms with Gasteiger partial charge in [-0.1, -0.05) is 13.8 Å². The van der Waals surface area contributed by atoms with E-state index in [1.165, 1.54) is 17.0 Å². The summed E-state index contributed by atoms with van der Waals surface area (Å²) < 4.78 is 24.3. The fourth-order valence-corrected chi connectivity index (χ4v) is 5.01. The van der Waals surface area contributed by atoms with Crippen molar-refractivity contribution in [3.05, 3.63) is 52.0 Å². The zero-order chi connectivity index (χ0) is 23.8. The SMILES string of the molecule is COC[C@@H](O)CN(CCC(C)C)CC(=O)N1CCc2sccc2[C@H]1COc1ccc(F)cc1. The predicted molar refractivity (Wildman–Crippen MR) is 128 cm³/mol. The van der Waals surface area contributed by atoms with Crippen LogP contribution in [-0.4, -0.2) is 73.4 Å². The fourth-order valence-electron chi connectivity index (χ4n) is 4.08. The monoisotopic (exact) mass is 478 g/mol. The van der Waals surface area contributed by atoms with Crippen LogP contribution in [0.5, 0.6) is 5.75 Å². The molecule has 0 radical (unpaired) electrons. The summed E-state index contributed by atoms with van der Waals surface area (Å²) in [5.41, 5.74) is 1.12. The Morgan fingerprint density at radius 3 is 2.76 bits per heavy atom. The van der Waals surface area contributed by atoms with Crippen molar-refractivity contribution >= 4 is 17.2 Å². The van der Waals surface area contributed by atoms with Gasteiger partial charge >= 0.3 is 0 Å². The van der Waals surface area contributed by atoms with Crippen LogP contribution in [0.15, 0.2) is 35.7 Å². The molecule has 2 heterocycles. The first-order chi connectivity index (χ1) is 15.9. The topological polar surface area (TPSA) is 62.2 Å². The van der Waals surface area contributed by atoms with Crippen LogP contribution in [0.1, 0.15) is 36.8 Å². The Balaban J connectivity index is 1.71. The Labute approximate surface area is 199 Å². The number of halogens is 1. The highest BCUT2D eigenvalue weighted by Gasteiger charge is 2.33. The maximum absolute atomic E-state index is 13.5. The molecular weight excluding hydrogens is 443 g/mol. The second kappa shape index (κ2) is 12.5. The molecule has 8 heteroatoms. The van der Waals surface area contributed by atoms with E-state index in [1.807, 2.05) is 9.80 Å². The van der Waals surface area contributed by atoms with Gasteiger partial charge in [0.15, 0.2) is 0 Å². The number of hydrogen-bond donors (Lipinski definition) is 1. The number of carbonyl (C=O) groups is 1. The number of fused-ring (bicyclic) bond motifs is 1. The number of aliphatic hydroxyl groups is 1. The van der Waals surface area contributed by atoms with E-state index in [-0.39, 0.29) is 30.9 Å². The predicted octanol–water partition coefficient (Wildman–Crippen LogP) is 3.75. The summed E-state index contributed by atoms with van der Waals surface area (Å²) in [5, 5.41) is 12.3. The lowest BCUT2D eigenvalue weighted by Gasteiger charge is -2.37. The Morgan fingerprint density at radius 1 is 1.30 bits per heavy atom. The lowest BCUT2D eigenvalue weighted by molar-refractivity contribution is -0.136. The van der Waals surface area contributed by atoms with Crippen molar-refractivity contribution in [3.63, 3.8) is 0 Å². The molecule has 1 N–H and O–H groups in total. The van der Waals surface area contributed by atoms with E-state index in [1.54, 1.807) is 30.6 Å². The van der Waals surface area contributed by atoms with Crippen LogP contribution in [0.4, 0.5) is 4.39 Å². The average Bonchev–Trinajstić information content (AvgIpc) is 3.26. The number of aliphatic hydroxyl groups excluding tert-OH is 1. The molecule has 182 valence electrons. The highest BCUT2D eigenvalue weighted by molar-refractivity contribution is 7.10. The van der Waals surface area contributed by atoms with Crippen molar-refractivity contribution < 1.29 is 23.8 Å². The molecule has 0 saturated carbocycles. The Bertz CT molecular complexity index is 874. The van der Waals surface area contributed by atoms with Crippen molar-refractivity contribution in [2.45, 2.75) is 38.8 Å². The van der Waals surface area contributed by atoms with Gasteiger partial charge in [-0.15, -0.1) is 11.3 Å². The highest BCUT2D eigenvalue weighted by atomic mass is 32.1. The number of amides is 1. The van der Waals surface area contributed by atoms with E-state index >= 15 is 0 Å². The quantitative estimate of drug-likeness (QED) is 0.504. The van der Waals surface area contributed by atoms with Gasteiger partial charge in [0.1, 0.15) is 18.2 Å². The number of hydrogen-bond acceptors (Lipinski definition) is 6. The van der Waals surface area contributed by atoms with E-state index in [0.29, 0.717) is 31.4 Å². The van der Waals surface area contributed by atoms with E-state index in [0.717, 1.165) is 24.9 Å². The molecule has 0 unspecified atom stereocenters. The minimum absolute atomic E-state index is 0.0212. The summed E-state index contributed by atoms with van der Waals surface area (Å²) in [4.78, 5) is 18.7. The first-order valence-corrected chi connectivity index (χ1v) is 12.4. The van der Waals surface area contributed by atoms with Crippen molar-refractivity contribution in [2.75, 3.05) is 46.5 Å². The largest absolute Gasteiger partial charge is 0.491 e. The number of nitrogens with zero attached hydrogens (tertiary/aromatic N) is 2. The fraction of sp³-hybridized carbons (Fsp3) is 0.560. The molecule has 0 fully saturated rings. The van der Waals surface area contributed by atoms with Gasteiger partial charge in [-0.2, -0.15) is 0 Å². The van der Waals surface area contributed by atoms with Crippen LogP contribution in [-0.2, 0) is 16.0 Å². The van der Waals surface area contributed by atoms with Gasteiger partial charge < -0.3 is 19.5 Å². The number of methoxy groups -OCH3 is 1. The van der Waals surface area contributed by atoms with Crippen LogP contribution in [0.3, 0.4) is 0 Å². The molecule has 1 aliphatic rings. The maximum Gasteiger partial charge on any atom is 0.237 e. The molecule has 1 aromatic carbocycles. The third-order valence-electron chi connectivity index (χ3n) is 5.85. The number of carbonyl (C=O) groups excluding carboxylic acids is 1. The standard InChI is InChI=1S/C25H35FN2O4S/c1-18(2)8-11-27(14-20(29)16-31-3)15-25(30)28-12-9-24-22(10-13-33-24)23(28)17-32-21-6-4-19(26)5-7-21/h4-7,10,13,18,20,23,29H,8-9,11-12,14-17H2,1-3H3/t20-,23+/m0/s1. The second-order valence-electron chi connectivity index (χ2n) is 8.94. The molecule has 3 rings (SSSR count). The number of rotatable bonds is 12. The van der Waals surface area contributed by atoms with E-state index in [9.17, 15) is 14.3 Å². The second-order valence-corrected chi connectivity index (χ2v) is 9.94. The van der Waals surface area contributed by atoms with Crippen molar-refractivity contribution in [3.8, 4) is 5.75 Å². The van der Waals surface area contributed by atoms with Gasteiger partial charge in [0.25, 0.3) is 0 Å². The first-order valence-electron chi connectivity index (χ1n) is 11.5. The lowest BCUT2D eigenvalue weighted by atomic mass is 10.00. The number of ether oxygens (including phenoxy) is 2. The minimum atomic E-state index is -0.641. The van der Waals surface area contributed by atoms with Crippen molar-refractivity contribution in [1.82, 2.24) is 9.80 Å². The first kappa shape index (κ1) is 25.6. The molecular formula is C25H35FN2O4S. The van der Waals surface area contributed by atoms with E-state index < -0.39 is 6.10 Å². The maximum atomic E-state index is 13.5. The smallest absolute Gasteiger partial charge is 0.237 e. The average molecular weight is 479 g/mol. The normalized spacial score (nSPS) is 16.8. The molecule has 0 saturated heterocycles. The molecule has 0 bridgehead atoms. The van der Waals surface area contributed by atoms with Crippen LogP contribution in [0, 0.1) is 11.7 Å². The number of thiophene rings is 1. The molecule has 6 nitrogen and oxygen atoms in total. The molecule has 0 aliphatic carbocycles. The van der Waals surface area contributed by atoms with Crippen LogP contribution < -0.4 is 4.74 Å². The van der Waals surface area contributed by atoms with Gasteiger partial charge in [-0.25, -0.2) is 4.39 Å². The Morgan fingerprint density at radius 2 is 2.06 bits per heavy atom. The van der Waals surface area contributed by atoms with E-state index in [2.05, 4.69) is 25.3 Å². The van der Waals surface area contributed by atoms with Gasteiger partial charge in [-0.05, 0) is 66.6 Å². The third-order valence-corrected chi connectivity index (χ3v) is 6.84.